The Balaban J connectivity index is 1.91. The smallest absolute Gasteiger partial charge is 0.0706 e. The Bertz CT molecular complexity index is 710. The summed E-state index contributed by atoms with van der Waals surface area (Å²) in [6, 6.07) is 16.8. The molecule has 0 aliphatic carbocycles. The standard InChI is InChI=1S/C18H19N3/c1-2-20-18(13-14-9-11-19-12-10-14)17-8-7-15-5-3-4-6-16(15)21-17/h3-12,18,20H,2,13H2,1H3. The van der Waals surface area contributed by atoms with Gasteiger partial charge in [-0.1, -0.05) is 31.2 Å². The van der Waals surface area contributed by atoms with Crippen molar-refractivity contribution in [2.45, 2.75) is 19.4 Å². The lowest BCUT2D eigenvalue weighted by Gasteiger charge is -2.18. The van der Waals surface area contributed by atoms with Gasteiger partial charge in [0.05, 0.1) is 17.3 Å². The lowest BCUT2D eigenvalue weighted by atomic mass is 10.0. The Labute approximate surface area is 125 Å². The Morgan fingerprint density at radius 3 is 2.62 bits per heavy atom. The van der Waals surface area contributed by atoms with Gasteiger partial charge in [-0.25, -0.2) is 0 Å². The van der Waals surface area contributed by atoms with Crippen LogP contribution in [0.3, 0.4) is 0 Å². The molecule has 1 atom stereocenters. The Kier molecular flexibility index (Phi) is 4.22. The average Bonchev–Trinajstić information content (AvgIpc) is 2.55. The molecular weight excluding hydrogens is 258 g/mol. The van der Waals surface area contributed by atoms with Crippen molar-refractivity contribution < 1.29 is 0 Å². The predicted molar refractivity (Wildman–Crippen MR) is 86.1 cm³/mol. The minimum absolute atomic E-state index is 0.224. The first-order valence-corrected chi connectivity index (χ1v) is 7.35. The third-order valence-electron chi connectivity index (χ3n) is 3.62. The molecule has 0 amide bonds. The van der Waals surface area contributed by atoms with Crippen LogP contribution in [0.15, 0.2) is 60.9 Å². The number of rotatable bonds is 5. The first-order valence-electron chi connectivity index (χ1n) is 7.35. The Hall–Kier alpha value is -2.26. The molecule has 2 heterocycles. The van der Waals surface area contributed by atoms with E-state index in [1.54, 1.807) is 0 Å². The maximum Gasteiger partial charge on any atom is 0.0706 e. The number of likely N-dealkylation sites (N-methyl/N-ethyl adjacent to an activating group) is 1. The fourth-order valence-electron chi connectivity index (χ4n) is 2.56. The van der Waals surface area contributed by atoms with E-state index in [0.717, 1.165) is 24.2 Å². The second kappa shape index (κ2) is 6.46. The zero-order chi connectivity index (χ0) is 14.5. The van der Waals surface area contributed by atoms with Crippen molar-refractivity contribution in [2.24, 2.45) is 0 Å². The van der Waals surface area contributed by atoms with Crippen molar-refractivity contribution in [3.63, 3.8) is 0 Å². The fourth-order valence-corrected chi connectivity index (χ4v) is 2.56. The van der Waals surface area contributed by atoms with Gasteiger partial charge in [-0.05, 0) is 42.8 Å². The molecule has 0 bridgehead atoms. The third-order valence-corrected chi connectivity index (χ3v) is 3.62. The molecule has 1 aromatic carbocycles. The van der Waals surface area contributed by atoms with E-state index in [0.29, 0.717) is 0 Å². The molecular formula is C18H19N3. The number of nitrogens with zero attached hydrogens (tertiary/aromatic N) is 2. The van der Waals surface area contributed by atoms with Gasteiger partial charge in [0.25, 0.3) is 0 Å². The van der Waals surface area contributed by atoms with Crippen LogP contribution in [0.5, 0.6) is 0 Å². The second-order valence-corrected chi connectivity index (χ2v) is 5.10. The van der Waals surface area contributed by atoms with Crippen LogP contribution < -0.4 is 5.32 Å². The molecule has 0 saturated carbocycles. The van der Waals surface area contributed by atoms with Gasteiger partial charge in [0.1, 0.15) is 0 Å². The zero-order valence-corrected chi connectivity index (χ0v) is 12.2. The monoisotopic (exact) mass is 277 g/mol. The highest BCUT2D eigenvalue weighted by molar-refractivity contribution is 5.78. The van der Waals surface area contributed by atoms with Crippen LogP contribution in [0.25, 0.3) is 10.9 Å². The van der Waals surface area contributed by atoms with E-state index in [1.807, 2.05) is 24.5 Å². The average molecular weight is 277 g/mol. The second-order valence-electron chi connectivity index (χ2n) is 5.10. The Morgan fingerprint density at radius 1 is 1.00 bits per heavy atom. The van der Waals surface area contributed by atoms with Gasteiger partial charge in [0.2, 0.25) is 0 Å². The first-order chi connectivity index (χ1) is 10.4. The van der Waals surface area contributed by atoms with Gasteiger partial charge < -0.3 is 5.32 Å². The van der Waals surface area contributed by atoms with Crippen LogP contribution in [0, 0.1) is 0 Å². The van der Waals surface area contributed by atoms with E-state index in [9.17, 15) is 0 Å². The molecule has 1 N–H and O–H groups in total. The molecule has 0 aliphatic rings. The predicted octanol–water partition coefficient (Wildman–Crippen LogP) is 3.52. The summed E-state index contributed by atoms with van der Waals surface area (Å²) in [5.74, 6) is 0. The van der Waals surface area contributed by atoms with Crippen molar-refractivity contribution in [2.75, 3.05) is 6.54 Å². The highest BCUT2D eigenvalue weighted by Crippen LogP contribution is 2.20. The molecule has 3 nitrogen and oxygen atoms in total. The van der Waals surface area contributed by atoms with Crippen LogP contribution in [0.1, 0.15) is 24.2 Å². The number of nitrogens with one attached hydrogen (secondary N) is 1. The summed E-state index contributed by atoms with van der Waals surface area (Å²) >= 11 is 0. The summed E-state index contributed by atoms with van der Waals surface area (Å²) in [6.07, 6.45) is 4.60. The minimum atomic E-state index is 0.224. The summed E-state index contributed by atoms with van der Waals surface area (Å²) in [5.41, 5.74) is 3.41. The maximum absolute atomic E-state index is 4.81. The van der Waals surface area contributed by atoms with E-state index < -0.39 is 0 Å². The van der Waals surface area contributed by atoms with Gasteiger partial charge in [0, 0.05) is 17.8 Å². The molecule has 21 heavy (non-hydrogen) atoms. The number of hydrogen-bond acceptors (Lipinski definition) is 3. The van der Waals surface area contributed by atoms with Gasteiger partial charge in [-0.15, -0.1) is 0 Å². The molecule has 1 unspecified atom stereocenters. The van der Waals surface area contributed by atoms with Gasteiger partial charge in [0.15, 0.2) is 0 Å². The van der Waals surface area contributed by atoms with E-state index in [4.69, 9.17) is 4.98 Å². The summed E-state index contributed by atoms with van der Waals surface area (Å²) < 4.78 is 0. The van der Waals surface area contributed by atoms with Crippen LogP contribution in [0.4, 0.5) is 0 Å². The molecule has 3 heteroatoms. The topological polar surface area (TPSA) is 37.8 Å². The third kappa shape index (κ3) is 3.26. The first kappa shape index (κ1) is 13.7. The van der Waals surface area contributed by atoms with Gasteiger partial charge in [-0.3, -0.25) is 9.97 Å². The number of para-hydroxylation sites is 1. The van der Waals surface area contributed by atoms with E-state index in [2.05, 4.69) is 53.6 Å². The van der Waals surface area contributed by atoms with Crippen molar-refractivity contribution in [1.29, 1.82) is 0 Å². The number of pyridine rings is 2. The van der Waals surface area contributed by atoms with Crippen LogP contribution in [-0.4, -0.2) is 16.5 Å². The molecule has 2 aromatic heterocycles. The quantitative estimate of drug-likeness (QED) is 0.775. The lowest BCUT2D eigenvalue weighted by Crippen LogP contribution is -2.23. The normalized spacial score (nSPS) is 12.4. The van der Waals surface area contributed by atoms with Gasteiger partial charge >= 0.3 is 0 Å². The van der Waals surface area contributed by atoms with Crippen molar-refractivity contribution in [3.05, 3.63) is 72.2 Å². The number of hydrogen-bond donors (Lipinski definition) is 1. The lowest BCUT2D eigenvalue weighted by molar-refractivity contribution is 0.538. The van der Waals surface area contributed by atoms with Crippen LogP contribution in [-0.2, 0) is 6.42 Å². The molecule has 0 spiro atoms. The van der Waals surface area contributed by atoms with Gasteiger partial charge in [-0.2, -0.15) is 0 Å². The molecule has 0 fully saturated rings. The minimum Gasteiger partial charge on any atom is -0.309 e. The molecule has 0 radical (unpaired) electrons. The highest BCUT2D eigenvalue weighted by Gasteiger charge is 2.13. The van der Waals surface area contributed by atoms with Crippen LogP contribution >= 0.6 is 0 Å². The molecule has 0 aliphatic heterocycles. The summed E-state index contributed by atoms with van der Waals surface area (Å²) in [5, 5.41) is 4.71. The van der Waals surface area contributed by atoms with Crippen molar-refractivity contribution in [1.82, 2.24) is 15.3 Å². The van der Waals surface area contributed by atoms with E-state index in [-0.39, 0.29) is 6.04 Å². The van der Waals surface area contributed by atoms with E-state index in [1.165, 1.54) is 10.9 Å². The number of fused-ring (bicyclic) bond motifs is 1. The number of aromatic nitrogens is 2. The van der Waals surface area contributed by atoms with E-state index >= 15 is 0 Å². The van der Waals surface area contributed by atoms with Crippen LogP contribution in [0.2, 0.25) is 0 Å². The SMILES string of the molecule is CCNC(Cc1ccncc1)c1ccc2ccccc2n1. The van der Waals surface area contributed by atoms with Crippen molar-refractivity contribution >= 4 is 10.9 Å². The molecule has 0 saturated heterocycles. The summed E-state index contributed by atoms with van der Waals surface area (Å²) in [7, 11) is 0. The molecule has 3 rings (SSSR count). The zero-order valence-electron chi connectivity index (χ0n) is 12.2. The summed E-state index contributed by atoms with van der Waals surface area (Å²) in [6.45, 7) is 3.05. The van der Waals surface area contributed by atoms with Crippen molar-refractivity contribution in [3.8, 4) is 0 Å². The number of benzene rings is 1. The molecule has 106 valence electrons. The molecule has 3 aromatic rings. The Morgan fingerprint density at radius 2 is 1.81 bits per heavy atom. The maximum atomic E-state index is 4.81. The summed E-state index contributed by atoms with van der Waals surface area (Å²) in [4.78, 5) is 8.89. The fraction of sp³-hybridized carbons (Fsp3) is 0.222. The largest absolute Gasteiger partial charge is 0.309 e. The highest BCUT2D eigenvalue weighted by atomic mass is 14.9.